The zero-order valence-corrected chi connectivity index (χ0v) is 17.7. The number of aromatic nitrogens is 1. The maximum Gasteiger partial charge on any atom is 0.213 e. The Morgan fingerprint density at radius 2 is 2.00 bits per heavy atom. The fourth-order valence-electron chi connectivity index (χ4n) is 1.86. The number of guanidine groups is 1. The summed E-state index contributed by atoms with van der Waals surface area (Å²) in [6.07, 6.45) is 2.73. The minimum absolute atomic E-state index is 0. The molecule has 0 amide bonds. The molecule has 0 aliphatic rings. The SMILES string of the molecule is CCNC(=NCc1ccc(OCCOC)nc1)NCCCOCC.I. The molecule has 0 spiro atoms. The maximum atomic E-state index is 5.44. The molecule has 0 aliphatic carbocycles. The van der Waals surface area contributed by atoms with Gasteiger partial charge in [0.1, 0.15) is 6.61 Å². The Morgan fingerprint density at radius 3 is 2.64 bits per heavy atom. The molecule has 0 atom stereocenters. The quantitative estimate of drug-likeness (QED) is 0.213. The number of halogens is 1. The molecule has 0 saturated heterocycles. The van der Waals surface area contributed by atoms with Gasteiger partial charge in [-0.25, -0.2) is 9.98 Å². The lowest BCUT2D eigenvalue weighted by Gasteiger charge is -2.11. The van der Waals surface area contributed by atoms with Gasteiger partial charge in [0.2, 0.25) is 5.88 Å². The second kappa shape index (κ2) is 16.3. The molecular weight excluding hydrogens is 435 g/mol. The number of nitrogens with zero attached hydrogens (tertiary/aromatic N) is 2. The van der Waals surface area contributed by atoms with E-state index < -0.39 is 0 Å². The lowest BCUT2D eigenvalue weighted by Crippen LogP contribution is -2.38. The van der Waals surface area contributed by atoms with Crippen molar-refractivity contribution in [1.82, 2.24) is 15.6 Å². The van der Waals surface area contributed by atoms with Crippen LogP contribution in [0.3, 0.4) is 0 Å². The van der Waals surface area contributed by atoms with Crippen molar-refractivity contribution in [3.05, 3.63) is 23.9 Å². The highest BCUT2D eigenvalue weighted by molar-refractivity contribution is 14.0. The third kappa shape index (κ3) is 12.0. The number of rotatable bonds is 12. The van der Waals surface area contributed by atoms with E-state index in [2.05, 4.69) is 20.6 Å². The predicted octanol–water partition coefficient (Wildman–Crippen LogP) is 2.21. The first-order valence-corrected chi connectivity index (χ1v) is 8.46. The Kier molecular flexibility index (Phi) is 15.6. The van der Waals surface area contributed by atoms with Gasteiger partial charge in [-0.3, -0.25) is 0 Å². The number of ether oxygens (including phenoxy) is 3. The van der Waals surface area contributed by atoms with Crippen LogP contribution >= 0.6 is 24.0 Å². The van der Waals surface area contributed by atoms with Crippen molar-refractivity contribution in [3.63, 3.8) is 0 Å². The molecule has 0 fully saturated rings. The molecular formula is C17H31IN4O3. The van der Waals surface area contributed by atoms with E-state index >= 15 is 0 Å². The van der Waals surface area contributed by atoms with Crippen LogP contribution in [0.2, 0.25) is 0 Å². The minimum atomic E-state index is 0. The molecule has 144 valence electrons. The molecule has 1 rings (SSSR count). The summed E-state index contributed by atoms with van der Waals surface area (Å²) in [6.45, 7) is 8.83. The van der Waals surface area contributed by atoms with Crippen molar-refractivity contribution in [3.8, 4) is 5.88 Å². The van der Waals surface area contributed by atoms with Crippen LogP contribution in [0.1, 0.15) is 25.8 Å². The third-order valence-electron chi connectivity index (χ3n) is 3.06. The van der Waals surface area contributed by atoms with Gasteiger partial charge in [-0.05, 0) is 25.8 Å². The molecule has 1 aromatic rings. The Morgan fingerprint density at radius 1 is 1.16 bits per heavy atom. The largest absolute Gasteiger partial charge is 0.475 e. The van der Waals surface area contributed by atoms with Gasteiger partial charge in [0.25, 0.3) is 0 Å². The minimum Gasteiger partial charge on any atom is -0.475 e. The van der Waals surface area contributed by atoms with Crippen LogP contribution in [-0.4, -0.2) is 57.6 Å². The Balaban J connectivity index is 0.00000576. The number of hydrogen-bond acceptors (Lipinski definition) is 5. The second-order valence-electron chi connectivity index (χ2n) is 5.02. The molecule has 25 heavy (non-hydrogen) atoms. The Hall–Kier alpha value is -1.13. The molecule has 0 saturated carbocycles. The average molecular weight is 466 g/mol. The van der Waals surface area contributed by atoms with Crippen LogP contribution in [0.5, 0.6) is 5.88 Å². The average Bonchev–Trinajstić information content (AvgIpc) is 2.60. The fourth-order valence-corrected chi connectivity index (χ4v) is 1.86. The number of aliphatic imine (C=N–C) groups is 1. The molecule has 0 unspecified atom stereocenters. The van der Waals surface area contributed by atoms with Crippen molar-refractivity contribution in [1.29, 1.82) is 0 Å². The predicted molar refractivity (Wildman–Crippen MR) is 111 cm³/mol. The number of hydrogen-bond donors (Lipinski definition) is 2. The van der Waals surface area contributed by atoms with Crippen LogP contribution in [0, 0.1) is 0 Å². The first-order chi connectivity index (χ1) is 11.8. The molecule has 1 aromatic heterocycles. The van der Waals surface area contributed by atoms with Crippen molar-refractivity contribution in [2.75, 3.05) is 46.6 Å². The van der Waals surface area contributed by atoms with Crippen molar-refractivity contribution in [2.45, 2.75) is 26.8 Å². The van der Waals surface area contributed by atoms with Crippen molar-refractivity contribution >= 4 is 29.9 Å². The highest BCUT2D eigenvalue weighted by atomic mass is 127. The number of pyridine rings is 1. The van der Waals surface area contributed by atoms with Crippen LogP contribution in [-0.2, 0) is 16.0 Å². The number of methoxy groups -OCH3 is 1. The molecule has 2 N–H and O–H groups in total. The first kappa shape index (κ1) is 23.9. The summed E-state index contributed by atoms with van der Waals surface area (Å²) >= 11 is 0. The summed E-state index contributed by atoms with van der Waals surface area (Å²) in [7, 11) is 1.64. The van der Waals surface area contributed by atoms with E-state index in [0.717, 1.165) is 44.2 Å². The molecule has 8 heteroatoms. The van der Waals surface area contributed by atoms with E-state index in [0.29, 0.717) is 25.6 Å². The summed E-state index contributed by atoms with van der Waals surface area (Å²) in [5, 5.41) is 6.52. The van der Waals surface area contributed by atoms with Gasteiger partial charge in [-0.2, -0.15) is 0 Å². The zero-order valence-electron chi connectivity index (χ0n) is 15.4. The van der Waals surface area contributed by atoms with Gasteiger partial charge in [0.05, 0.1) is 13.2 Å². The lowest BCUT2D eigenvalue weighted by molar-refractivity contribution is 0.143. The summed E-state index contributed by atoms with van der Waals surface area (Å²) in [6, 6.07) is 3.82. The second-order valence-corrected chi connectivity index (χ2v) is 5.02. The summed E-state index contributed by atoms with van der Waals surface area (Å²) in [5.41, 5.74) is 1.03. The van der Waals surface area contributed by atoms with Gasteiger partial charge < -0.3 is 24.8 Å². The molecule has 0 radical (unpaired) electrons. The molecule has 7 nitrogen and oxygen atoms in total. The van der Waals surface area contributed by atoms with Gasteiger partial charge in [-0.15, -0.1) is 24.0 Å². The Labute approximate surface area is 168 Å². The van der Waals surface area contributed by atoms with E-state index in [1.165, 1.54) is 0 Å². The van der Waals surface area contributed by atoms with Gasteiger partial charge >= 0.3 is 0 Å². The topological polar surface area (TPSA) is 77.0 Å². The van der Waals surface area contributed by atoms with Crippen molar-refractivity contribution < 1.29 is 14.2 Å². The smallest absolute Gasteiger partial charge is 0.213 e. The molecule has 0 aromatic carbocycles. The van der Waals surface area contributed by atoms with Gasteiger partial charge in [-0.1, -0.05) is 6.07 Å². The zero-order chi connectivity index (χ0) is 17.5. The Bertz CT molecular complexity index is 458. The van der Waals surface area contributed by atoms with E-state index in [9.17, 15) is 0 Å². The van der Waals surface area contributed by atoms with Gasteiger partial charge in [0.15, 0.2) is 5.96 Å². The van der Waals surface area contributed by atoms with E-state index in [1.807, 2.05) is 26.0 Å². The molecule has 1 heterocycles. The van der Waals surface area contributed by atoms with Gasteiger partial charge in [0, 0.05) is 45.7 Å². The van der Waals surface area contributed by atoms with Crippen LogP contribution in [0.4, 0.5) is 0 Å². The maximum absolute atomic E-state index is 5.44. The summed E-state index contributed by atoms with van der Waals surface area (Å²) < 4.78 is 15.7. The standard InChI is InChI=1S/C17H30N4O3.HI/c1-4-18-17(19-9-6-10-23-5-2)21-14-15-7-8-16(20-13-15)24-12-11-22-3;/h7-8,13H,4-6,9-12,14H2,1-3H3,(H2,18,19,21);1H. The van der Waals surface area contributed by atoms with Crippen LogP contribution in [0.25, 0.3) is 0 Å². The van der Waals surface area contributed by atoms with E-state index in [1.54, 1.807) is 13.3 Å². The molecule has 0 bridgehead atoms. The lowest BCUT2D eigenvalue weighted by atomic mass is 10.3. The molecule has 0 aliphatic heterocycles. The summed E-state index contributed by atoms with van der Waals surface area (Å²) in [5.74, 6) is 1.40. The monoisotopic (exact) mass is 466 g/mol. The van der Waals surface area contributed by atoms with Crippen LogP contribution < -0.4 is 15.4 Å². The third-order valence-corrected chi connectivity index (χ3v) is 3.06. The van der Waals surface area contributed by atoms with E-state index in [-0.39, 0.29) is 24.0 Å². The fraction of sp³-hybridized carbons (Fsp3) is 0.647. The number of nitrogens with one attached hydrogen (secondary N) is 2. The van der Waals surface area contributed by atoms with Crippen molar-refractivity contribution in [2.24, 2.45) is 4.99 Å². The first-order valence-electron chi connectivity index (χ1n) is 8.46. The van der Waals surface area contributed by atoms with E-state index in [4.69, 9.17) is 14.2 Å². The summed E-state index contributed by atoms with van der Waals surface area (Å²) in [4.78, 5) is 8.83. The highest BCUT2D eigenvalue weighted by Gasteiger charge is 1.99. The normalized spacial score (nSPS) is 10.9. The highest BCUT2D eigenvalue weighted by Crippen LogP contribution is 2.08. The van der Waals surface area contributed by atoms with Crippen LogP contribution in [0.15, 0.2) is 23.3 Å².